The summed E-state index contributed by atoms with van der Waals surface area (Å²) in [6, 6.07) is 0. The van der Waals surface area contributed by atoms with E-state index in [4.69, 9.17) is 0 Å². The van der Waals surface area contributed by atoms with Gasteiger partial charge in [-0.25, -0.2) is 9.97 Å². The Bertz CT molecular complexity index is 347. The molecule has 0 spiro atoms. The van der Waals surface area contributed by atoms with E-state index in [1.165, 1.54) is 19.3 Å². The summed E-state index contributed by atoms with van der Waals surface area (Å²) in [5.41, 5.74) is 0. The molecule has 2 aromatic rings. The summed E-state index contributed by atoms with van der Waals surface area (Å²) >= 11 is 3.58. The number of nitrogens with one attached hydrogen (secondary N) is 2. The molecule has 92 valence electrons. The highest BCUT2D eigenvalue weighted by atomic mass is 32.2. The molecule has 0 aromatic carbocycles. The molecule has 0 radical (unpaired) electrons. The minimum atomic E-state index is 1.02. The van der Waals surface area contributed by atoms with Gasteiger partial charge in [0.05, 0.1) is 0 Å². The van der Waals surface area contributed by atoms with Gasteiger partial charge in [0, 0.05) is 36.3 Å². The molecule has 0 saturated carbocycles. The third-order valence-corrected chi connectivity index (χ3v) is 4.19. The van der Waals surface area contributed by atoms with Crippen molar-refractivity contribution in [1.82, 2.24) is 19.9 Å². The second kappa shape index (κ2) is 7.45. The van der Waals surface area contributed by atoms with Crippen LogP contribution >= 0.6 is 23.5 Å². The van der Waals surface area contributed by atoms with Gasteiger partial charge in [-0.3, -0.25) is 0 Å². The van der Waals surface area contributed by atoms with Crippen molar-refractivity contribution in [2.45, 2.75) is 29.6 Å². The van der Waals surface area contributed by atoms with Crippen LogP contribution in [0.15, 0.2) is 35.1 Å². The van der Waals surface area contributed by atoms with E-state index in [9.17, 15) is 0 Å². The van der Waals surface area contributed by atoms with Crippen molar-refractivity contribution in [3.63, 3.8) is 0 Å². The van der Waals surface area contributed by atoms with Crippen molar-refractivity contribution in [2.24, 2.45) is 0 Å². The standard InChI is InChI=1S/C11H16N4S2/c1(2-8-16-10-12-4-5-13-10)3-9-17-11-14-6-7-15-11/h4-7H,1-3,8-9H2,(H,12,13)(H,14,15). The molecule has 2 rings (SSSR count). The summed E-state index contributed by atoms with van der Waals surface area (Å²) in [5, 5.41) is 2.05. The number of aromatic amines is 2. The van der Waals surface area contributed by atoms with Gasteiger partial charge in [-0.15, -0.1) is 0 Å². The van der Waals surface area contributed by atoms with Crippen LogP contribution in [-0.4, -0.2) is 31.4 Å². The quantitative estimate of drug-likeness (QED) is 0.570. The molecule has 0 aliphatic heterocycles. The van der Waals surface area contributed by atoms with Crippen LogP contribution in [-0.2, 0) is 0 Å². The molecule has 17 heavy (non-hydrogen) atoms. The minimum Gasteiger partial charge on any atom is -0.340 e. The van der Waals surface area contributed by atoms with E-state index in [2.05, 4.69) is 19.9 Å². The zero-order valence-corrected chi connectivity index (χ0v) is 11.2. The van der Waals surface area contributed by atoms with Gasteiger partial charge < -0.3 is 9.97 Å². The van der Waals surface area contributed by atoms with Gasteiger partial charge in [0.25, 0.3) is 0 Å². The Morgan fingerprint density at radius 2 is 1.35 bits per heavy atom. The van der Waals surface area contributed by atoms with E-state index in [0.717, 1.165) is 21.8 Å². The normalized spacial score (nSPS) is 10.8. The van der Waals surface area contributed by atoms with Crippen LogP contribution in [0.5, 0.6) is 0 Å². The van der Waals surface area contributed by atoms with Gasteiger partial charge in [0.15, 0.2) is 10.3 Å². The fourth-order valence-electron chi connectivity index (χ4n) is 1.38. The summed E-state index contributed by atoms with van der Waals surface area (Å²) in [4.78, 5) is 14.5. The molecule has 6 heteroatoms. The van der Waals surface area contributed by atoms with Crippen LogP contribution in [0.3, 0.4) is 0 Å². The Labute approximate surface area is 109 Å². The lowest BCUT2D eigenvalue weighted by molar-refractivity contribution is 0.783. The van der Waals surface area contributed by atoms with Gasteiger partial charge in [-0.2, -0.15) is 0 Å². The summed E-state index contributed by atoms with van der Waals surface area (Å²) in [7, 11) is 0. The average molecular weight is 268 g/mol. The third kappa shape index (κ3) is 4.87. The van der Waals surface area contributed by atoms with E-state index in [0.29, 0.717) is 0 Å². The van der Waals surface area contributed by atoms with Gasteiger partial charge in [-0.1, -0.05) is 29.9 Å². The fourth-order valence-corrected chi connectivity index (χ4v) is 3.04. The van der Waals surface area contributed by atoms with Crippen LogP contribution in [0.1, 0.15) is 19.3 Å². The van der Waals surface area contributed by atoms with E-state index < -0.39 is 0 Å². The second-order valence-corrected chi connectivity index (χ2v) is 5.71. The molecule has 2 heterocycles. The molecule has 0 fully saturated rings. The topological polar surface area (TPSA) is 57.4 Å². The number of unbranched alkanes of at least 4 members (excludes halogenated alkanes) is 2. The molecule has 0 aliphatic carbocycles. The van der Waals surface area contributed by atoms with Gasteiger partial charge in [0.2, 0.25) is 0 Å². The Hall–Kier alpha value is -0.880. The summed E-state index contributed by atoms with van der Waals surface area (Å²) in [5.74, 6) is 2.28. The van der Waals surface area contributed by atoms with E-state index in [1.807, 2.05) is 12.4 Å². The highest BCUT2D eigenvalue weighted by Crippen LogP contribution is 2.17. The third-order valence-electron chi connectivity index (χ3n) is 2.21. The Morgan fingerprint density at radius 3 is 1.76 bits per heavy atom. The number of hydrogen-bond acceptors (Lipinski definition) is 4. The maximum absolute atomic E-state index is 4.17. The predicted octanol–water partition coefficient (Wildman–Crippen LogP) is 3.19. The highest BCUT2D eigenvalue weighted by molar-refractivity contribution is 7.99. The van der Waals surface area contributed by atoms with Crippen molar-refractivity contribution in [3.8, 4) is 0 Å². The molecular formula is C11H16N4S2. The van der Waals surface area contributed by atoms with Crippen LogP contribution < -0.4 is 0 Å². The molecule has 0 bridgehead atoms. The van der Waals surface area contributed by atoms with Gasteiger partial charge in [-0.05, 0) is 12.8 Å². The number of thioether (sulfide) groups is 2. The first-order valence-corrected chi connectivity index (χ1v) is 7.66. The fraction of sp³-hybridized carbons (Fsp3) is 0.455. The van der Waals surface area contributed by atoms with Crippen molar-refractivity contribution in [2.75, 3.05) is 11.5 Å². The number of H-pyrrole nitrogens is 2. The summed E-state index contributed by atoms with van der Waals surface area (Å²) in [6.45, 7) is 0. The molecule has 2 aromatic heterocycles. The molecule has 0 atom stereocenters. The molecular weight excluding hydrogens is 252 g/mol. The molecule has 2 N–H and O–H groups in total. The Kier molecular flexibility index (Phi) is 5.51. The number of hydrogen-bond donors (Lipinski definition) is 2. The first-order valence-electron chi connectivity index (χ1n) is 5.69. The number of aromatic nitrogens is 4. The Morgan fingerprint density at radius 1 is 0.824 bits per heavy atom. The highest BCUT2D eigenvalue weighted by Gasteiger charge is 1.97. The summed E-state index contributed by atoms with van der Waals surface area (Å²) < 4.78 is 0. The Balaban J connectivity index is 1.44. The van der Waals surface area contributed by atoms with Crippen molar-refractivity contribution in [1.29, 1.82) is 0 Å². The molecule has 0 aliphatic rings. The molecule has 0 saturated heterocycles. The number of rotatable bonds is 8. The molecule has 0 amide bonds. The van der Waals surface area contributed by atoms with Crippen molar-refractivity contribution in [3.05, 3.63) is 24.8 Å². The van der Waals surface area contributed by atoms with Crippen LogP contribution in [0.25, 0.3) is 0 Å². The van der Waals surface area contributed by atoms with Crippen LogP contribution in [0, 0.1) is 0 Å². The summed E-state index contributed by atoms with van der Waals surface area (Å²) in [6.07, 6.45) is 11.1. The lowest BCUT2D eigenvalue weighted by Gasteiger charge is -1.99. The maximum atomic E-state index is 4.17. The number of imidazole rings is 2. The SMILES string of the molecule is c1c[nH]c(SCCCCCSc2ncc[nH]2)n1. The van der Waals surface area contributed by atoms with Gasteiger partial charge >= 0.3 is 0 Å². The van der Waals surface area contributed by atoms with E-state index >= 15 is 0 Å². The van der Waals surface area contributed by atoms with E-state index in [1.54, 1.807) is 35.9 Å². The first-order chi connectivity index (χ1) is 8.45. The maximum Gasteiger partial charge on any atom is 0.165 e. The van der Waals surface area contributed by atoms with Gasteiger partial charge in [0.1, 0.15) is 0 Å². The predicted molar refractivity (Wildman–Crippen MR) is 72.5 cm³/mol. The number of nitrogens with zero attached hydrogens (tertiary/aromatic N) is 2. The monoisotopic (exact) mass is 268 g/mol. The molecule has 0 unspecified atom stereocenters. The zero-order valence-electron chi connectivity index (χ0n) is 9.56. The average Bonchev–Trinajstić information content (AvgIpc) is 3.00. The minimum absolute atomic E-state index is 1.02. The lowest BCUT2D eigenvalue weighted by atomic mass is 10.3. The van der Waals surface area contributed by atoms with E-state index in [-0.39, 0.29) is 0 Å². The van der Waals surface area contributed by atoms with Crippen molar-refractivity contribution >= 4 is 23.5 Å². The van der Waals surface area contributed by atoms with Crippen LogP contribution in [0.2, 0.25) is 0 Å². The molecule has 4 nitrogen and oxygen atoms in total. The smallest absolute Gasteiger partial charge is 0.165 e. The second-order valence-electron chi connectivity index (χ2n) is 3.55. The largest absolute Gasteiger partial charge is 0.340 e. The zero-order chi connectivity index (χ0) is 11.8. The lowest BCUT2D eigenvalue weighted by Crippen LogP contribution is -1.86. The van der Waals surface area contributed by atoms with Crippen LogP contribution in [0.4, 0.5) is 0 Å². The first kappa shape index (κ1) is 12.6. The van der Waals surface area contributed by atoms with Crippen molar-refractivity contribution < 1.29 is 0 Å².